The Bertz CT molecular complexity index is 1500. The van der Waals surface area contributed by atoms with Gasteiger partial charge in [0.2, 0.25) is 0 Å². The van der Waals surface area contributed by atoms with Gasteiger partial charge in [-0.25, -0.2) is 18.6 Å². The van der Waals surface area contributed by atoms with Crippen molar-refractivity contribution in [1.29, 1.82) is 0 Å². The Morgan fingerprint density at radius 1 is 0.773 bits per heavy atom. The van der Waals surface area contributed by atoms with Crippen molar-refractivity contribution in [3.05, 3.63) is 60.2 Å². The number of carbonyl (C=O) groups is 2. The van der Waals surface area contributed by atoms with E-state index in [2.05, 4.69) is 20.0 Å². The Morgan fingerprint density at radius 3 is 1.68 bits per heavy atom. The molecule has 2 fully saturated rings. The number of carbonyl (C=O) groups excluding carboxylic acids is 1. The molecule has 0 atom stereocenters. The van der Waals surface area contributed by atoms with Gasteiger partial charge in [-0.3, -0.25) is 9.80 Å². The molecule has 2 N–H and O–H groups in total. The van der Waals surface area contributed by atoms with Gasteiger partial charge in [-0.1, -0.05) is 0 Å². The quantitative estimate of drug-likeness (QED) is 0.187. The molecule has 232 valence electrons. The fourth-order valence-corrected chi connectivity index (χ4v) is 5.23. The maximum atomic E-state index is 11.8. The Hall–Kier alpha value is -3.60. The molecule has 2 saturated heterocycles. The zero-order valence-electron chi connectivity index (χ0n) is 25.4. The van der Waals surface area contributed by atoms with Crippen molar-refractivity contribution in [3.63, 3.8) is 0 Å². The summed E-state index contributed by atoms with van der Waals surface area (Å²) in [6.45, 7) is 9.98. The van der Waals surface area contributed by atoms with Crippen LogP contribution < -0.4 is 28.3 Å². The molecule has 2 aliphatic heterocycles. The number of aromatic carboxylic acids is 1. The van der Waals surface area contributed by atoms with Gasteiger partial charge in [0.15, 0.2) is 0 Å². The van der Waals surface area contributed by atoms with Crippen molar-refractivity contribution in [2.24, 2.45) is 0 Å². The van der Waals surface area contributed by atoms with Gasteiger partial charge in [0.25, 0.3) is 0 Å². The molecular formula is C30H39LiN6O7. The third-order valence-corrected chi connectivity index (χ3v) is 7.45. The number of carboxylic acids is 1. The molecular weight excluding hydrogens is 563 g/mol. The molecule has 13 nitrogen and oxygen atoms in total. The summed E-state index contributed by atoms with van der Waals surface area (Å²) in [5.74, 6) is 0.143. The van der Waals surface area contributed by atoms with E-state index in [4.69, 9.17) is 19.3 Å². The number of pyridine rings is 2. The number of hydrogen-bond acceptors (Lipinski definition) is 10. The number of esters is 1. The number of nitrogens with zero attached hydrogens (tertiary/aromatic N) is 6. The second-order valence-corrected chi connectivity index (χ2v) is 10.3. The molecule has 0 unspecified atom stereocenters. The second kappa shape index (κ2) is 17.0. The second-order valence-electron chi connectivity index (χ2n) is 10.3. The largest absolute Gasteiger partial charge is 1.00 e. The Kier molecular flexibility index (Phi) is 13.5. The molecule has 0 amide bonds. The van der Waals surface area contributed by atoms with Gasteiger partial charge in [0.05, 0.1) is 42.4 Å². The van der Waals surface area contributed by atoms with E-state index >= 15 is 0 Å². The van der Waals surface area contributed by atoms with Crippen LogP contribution in [0.15, 0.2) is 49.1 Å². The summed E-state index contributed by atoms with van der Waals surface area (Å²) in [4.78, 5) is 27.6. The van der Waals surface area contributed by atoms with E-state index in [0.717, 1.165) is 37.4 Å². The molecule has 6 heterocycles. The van der Waals surface area contributed by atoms with Crippen LogP contribution in [0.5, 0.6) is 11.5 Å². The van der Waals surface area contributed by atoms with Crippen LogP contribution in [0.3, 0.4) is 0 Å². The van der Waals surface area contributed by atoms with Crippen LogP contribution in [0.25, 0.3) is 11.0 Å². The minimum atomic E-state index is -0.970. The van der Waals surface area contributed by atoms with Crippen molar-refractivity contribution in [2.45, 2.75) is 32.6 Å². The van der Waals surface area contributed by atoms with Crippen molar-refractivity contribution >= 4 is 23.0 Å². The van der Waals surface area contributed by atoms with Gasteiger partial charge in [-0.15, -0.1) is 0 Å². The van der Waals surface area contributed by atoms with Gasteiger partial charge >= 0.3 is 30.8 Å². The Balaban J connectivity index is 0.000000231. The molecule has 14 heteroatoms. The maximum Gasteiger partial charge on any atom is 1.00 e. The SMILES string of the molecule is CCOC(=O)c1cnn2cc(OCCN3CCCC3)ccc12.O=C(O)c1cnn2cc(OCCN3CCCC3)ccc12.[Li+].[OH-]. The normalized spacial score (nSPS) is 14.8. The number of aromatic nitrogens is 4. The summed E-state index contributed by atoms with van der Waals surface area (Å²) in [5, 5.41) is 17.2. The van der Waals surface area contributed by atoms with Crippen molar-refractivity contribution in [3.8, 4) is 11.5 Å². The Morgan fingerprint density at radius 2 is 1.23 bits per heavy atom. The predicted octanol–water partition coefficient (Wildman–Crippen LogP) is 0.320. The van der Waals surface area contributed by atoms with E-state index in [1.807, 2.05) is 12.1 Å². The number of ether oxygens (including phenoxy) is 3. The zero-order chi connectivity index (χ0) is 29.3. The fraction of sp³-hybridized carbons (Fsp3) is 0.467. The molecule has 0 radical (unpaired) electrons. The molecule has 44 heavy (non-hydrogen) atoms. The maximum absolute atomic E-state index is 11.8. The van der Waals surface area contributed by atoms with Gasteiger partial charge in [0.1, 0.15) is 35.8 Å². The average Bonchev–Trinajstić information content (AvgIpc) is 3.80. The van der Waals surface area contributed by atoms with Crippen LogP contribution in [0.1, 0.15) is 53.3 Å². The molecule has 4 aromatic rings. The summed E-state index contributed by atoms with van der Waals surface area (Å²) in [6, 6.07) is 7.21. The topological polar surface area (TPSA) is 153 Å². The monoisotopic (exact) mass is 602 g/mol. The zero-order valence-corrected chi connectivity index (χ0v) is 25.4. The predicted molar refractivity (Wildman–Crippen MR) is 158 cm³/mol. The van der Waals surface area contributed by atoms with Gasteiger partial charge in [-0.2, -0.15) is 10.2 Å². The van der Waals surface area contributed by atoms with Crippen molar-refractivity contribution in [1.82, 2.24) is 29.0 Å². The van der Waals surface area contributed by atoms with E-state index in [1.54, 1.807) is 36.0 Å². The van der Waals surface area contributed by atoms with E-state index in [0.29, 0.717) is 36.7 Å². The first-order valence-corrected chi connectivity index (χ1v) is 14.6. The summed E-state index contributed by atoms with van der Waals surface area (Å²) in [6.07, 6.45) is 11.5. The van der Waals surface area contributed by atoms with Crippen LogP contribution in [-0.2, 0) is 4.74 Å². The van der Waals surface area contributed by atoms with Crippen LogP contribution >= 0.6 is 0 Å². The summed E-state index contributed by atoms with van der Waals surface area (Å²) in [5.41, 5.74) is 1.98. The molecule has 0 aliphatic carbocycles. The molecule has 0 saturated carbocycles. The van der Waals surface area contributed by atoms with Gasteiger partial charge in [0, 0.05) is 13.1 Å². The third kappa shape index (κ3) is 8.96. The van der Waals surface area contributed by atoms with Gasteiger partial charge in [-0.05, 0) is 83.1 Å². The molecule has 0 spiro atoms. The third-order valence-electron chi connectivity index (χ3n) is 7.45. The Labute approximate surface area is 268 Å². The van der Waals surface area contributed by atoms with E-state index < -0.39 is 5.97 Å². The number of rotatable bonds is 11. The fourth-order valence-electron chi connectivity index (χ4n) is 5.23. The first-order valence-electron chi connectivity index (χ1n) is 14.6. The van der Waals surface area contributed by atoms with E-state index in [1.165, 1.54) is 55.7 Å². The molecule has 6 rings (SSSR count). The van der Waals surface area contributed by atoms with Crippen molar-refractivity contribution < 1.29 is 53.2 Å². The van der Waals surface area contributed by atoms with Crippen molar-refractivity contribution in [2.75, 3.05) is 59.1 Å². The summed E-state index contributed by atoms with van der Waals surface area (Å²) < 4.78 is 19.7. The molecule has 4 aromatic heterocycles. The van der Waals surface area contributed by atoms with Gasteiger partial charge < -0.3 is 24.8 Å². The minimum absolute atomic E-state index is 0. The first kappa shape index (κ1) is 34.9. The van der Waals surface area contributed by atoms with Crippen LogP contribution in [0.2, 0.25) is 0 Å². The standard InChI is InChI=1S/C16H21N3O3.C14H17N3O3.Li.H2O/c1-2-21-16(20)14-11-17-19-12-13(5-6-15(14)19)22-10-9-18-7-3-4-8-18;18-14(19)12-9-15-17-10-11(3-4-13(12)17)20-8-7-16-5-1-2-6-16;;/h5-6,11-12H,2-4,7-10H2,1H3;3-4,9-10H,1-2,5-8H2,(H,18,19);;1H2/q;;+1;/p-1. The van der Waals surface area contributed by atoms with E-state index in [-0.39, 0.29) is 35.9 Å². The van der Waals surface area contributed by atoms with Crippen LogP contribution in [0, 0.1) is 0 Å². The molecule has 2 aliphatic rings. The first-order chi connectivity index (χ1) is 20.5. The van der Waals surface area contributed by atoms with Crippen LogP contribution in [0.4, 0.5) is 0 Å². The summed E-state index contributed by atoms with van der Waals surface area (Å²) >= 11 is 0. The number of hydrogen-bond donors (Lipinski definition) is 1. The number of carboxylic acid groups (broad SMARTS) is 1. The minimum Gasteiger partial charge on any atom is -0.870 e. The van der Waals surface area contributed by atoms with E-state index in [9.17, 15) is 9.59 Å². The number of likely N-dealkylation sites (tertiary alicyclic amines) is 2. The smallest absolute Gasteiger partial charge is 0.870 e. The number of fused-ring (bicyclic) bond motifs is 2. The average molecular weight is 603 g/mol. The summed E-state index contributed by atoms with van der Waals surface area (Å²) in [7, 11) is 0. The van der Waals surface area contributed by atoms with Crippen LogP contribution in [-0.4, -0.2) is 111 Å². The molecule has 0 bridgehead atoms. The molecule has 0 aromatic carbocycles.